The number of methoxy groups -OCH3 is 2. The lowest BCUT2D eigenvalue weighted by Crippen LogP contribution is -2.35. The van der Waals surface area contributed by atoms with Crippen LogP contribution in [0.3, 0.4) is 0 Å². The highest BCUT2D eigenvalue weighted by atomic mass is 127. The lowest BCUT2D eigenvalue weighted by atomic mass is 10.1. The summed E-state index contributed by atoms with van der Waals surface area (Å²) in [5, 5.41) is 6.53. The lowest BCUT2D eigenvalue weighted by molar-refractivity contribution is 0.0724. The Labute approximate surface area is 201 Å². The zero-order valence-electron chi connectivity index (χ0n) is 18.3. The number of likely N-dealkylation sites (tertiary alicyclic amines) is 1. The summed E-state index contributed by atoms with van der Waals surface area (Å²) < 4.78 is 10.6. The molecule has 1 aliphatic heterocycles. The lowest BCUT2D eigenvalue weighted by Gasteiger charge is -2.26. The highest BCUT2D eigenvalue weighted by Crippen LogP contribution is 2.29. The molecule has 0 spiro atoms. The van der Waals surface area contributed by atoms with Gasteiger partial charge in [-0.15, -0.1) is 24.0 Å². The number of hydrogen-bond donors (Lipinski definition) is 2. The van der Waals surface area contributed by atoms with Crippen LogP contribution in [-0.4, -0.2) is 51.1 Å². The Bertz CT molecular complexity index is 898. The van der Waals surface area contributed by atoms with Crippen molar-refractivity contribution >= 4 is 41.5 Å². The van der Waals surface area contributed by atoms with Crippen molar-refractivity contribution in [2.45, 2.75) is 25.8 Å². The number of guanidine groups is 1. The minimum Gasteiger partial charge on any atom is -0.493 e. The van der Waals surface area contributed by atoms with Crippen molar-refractivity contribution in [3.05, 3.63) is 53.6 Å². The number of ether oxygens (including phenoxy) is 2. The van der Waals surface area contributed by atoms with E-state index in [-0.39, 0.29) is 29.9 Å². The molecule has 0 bridgehead atoms. The topological polar surface area (TPSA) is 75.2 Å². The Morgan fingerprint density at radius 1 is 1.03 bits per heavy atom. The maximum absolute atomic E-state index is 12.7. The molecule has 0 atom stereocenters. The third-order valence-electron chi connectivity index (χ3n) is 5.15. The molecule has 0 radical (unpaired) electrons. The van der Waals surface area contributed by atoms with Gasteiger partial charge in [0.15, 0.2) is 17.5 Å². The first-order valence-electron chi connectivity index (χ1n) is 10.2. The molecule has 1 fully saturated rings. The molecule has 31 heavy (non-hydrogen) atoms. The van der Waals surface area contributed by atoms with Crippen LogP contribution in [-0.2, 0) is 6.54 Å². The molecule has 168 valence electrons. The van der Waals surface area contributed by atoms with Crippen LogP contribution < -0.4 is 20.1 Å². The molecule has 1 saturated heterocycles. The Kier molecular flexibility index (Phi) is 9.90. The number of halogens is 1. The molecular formula is C23H31IN4O3. The maximum Gasteiger partial charge on any atom is 0.253 e. The summed E-state index contributed by atoms with van der Waals surface area (Å²) in [6.45, 7) is 2.25. The van der Waals surface area contributed by atoms with Gasteiger partial charge < -0.3 is 25.0 Å². The number of aliphatic imine (C=N–C) groups is 1. The van der Waals surface area contributed by atoms with Crippen LogP contribution in [0.25, 0.3) is 0 Å². The summed E-state index contributed by atoms with van der Waals surface area (Å²) in [6.07, 6.45) is 3.39. The van der Waals surface area contributed by atoms with Gasteiger partial charge in [0.1, 0.15) is 0 Å². The number of amides is 1. The van der Waals surface area contributed by atoms with Crippen molar-refractivity contribution in [3.63, 3.8) is 0 Å². The predicted molar refractivity (Wildman–Crippen MR) is 135 cm³/mol. The molecule has 7 nitrogen and oxygen atoms in total. The van der Waals surface area contributed by atoms with Crippen molar-refractivity contribution in [1.82, 2.24) is 10.2 Å². The Morgan fingerprint density at radius 2 is 1.77 bits per heavy atom. The van der Waals surface area contributed by atoms with Crippen LogP contribution in [0, 0.1) is 0 Å². The van der Waals surface area contributed by atoms with Crippen LogP contribution in [0.4, 0.5) is 5.69 Å². The molecule has 8 heteroatoms. The van der Waals surface area contributed by atoms with Gasteiger partial charge in [-0.2, -0.15) is 0 Å². The molecule has 0 unspecified atom stereocenters. The van der Waals surface area contributed by atoms with Gasteiger partial charge in [-0.05, 0) is 49.1 Å². The van der Waals surface area contributed by atoms with Crippen LogP contribution in [0.5, 0.6) is 11.5 Å². The fourth-order valence-corrected chi connectivity index (χ4v) is 3.51. The molecule has 2 N–H and O–H groups in total. The van der Waals surface area contributed by atoms with E-state index in [9.17, 15) is 4.79 Å². The zero-order valence-corrected chi connectivity index (χ0v) is 20.6. The zero-order chi connectivity index (χ0) is 21.3. The van der Waals surface area contributed by atoms with E-state index in [1.54, 1.807) is 21.3 Å². The molecule has 0 saturated carbocycles. The number of anilines is 1. The van der Waals surface area contributed by atoms with E-state index in [4.69, 9.17) is 9.47 Å². The average Bonchev–Trinajstić information content (AvgIpc) is 2.81. The van der Waals surface area contributed by atoms with E-state index >= 15 is 0 Å². The summed E-state index contributed by atoms with van der Waals surface area (Å²) in [5.74, 6) is 2.04. The van der Waals surface area contributed by atoms with Crippen molar-refractivity contribution in [1.29, 1.82) is 0 Å². The van der Waals surface area contributed by atoms with Crippen molar-refractivity contribution in [3.8, 4) is 11.5 Å². The second kappa shape index (κ2) is 12.4. The third kappa shape index (κ3) is 6.75. The third-order valence-corrected chi connectivity index (χ3v) is 5.15. The smallest absolute Gasteiger partial charge is 0.253 e. The average molecular weight is 538 g/mol. The monoisotopic (exact) mass is 538 g/mol. The van der Waals surface area contributed by atoms with Gasteiger partial charge in [0.2, 0.25) is 0 Å². The van der Waals surface area contributed by atoms with Crippen LogP contribution in [0.1, 0.15) is 35.2 Å². The van der Waals surface area contributed by atoms with Crippen LogP contribution >= 0.6 is 24.0 Å². The van der Waals surface area contributed by atoms with Crippen LogP contribution in [0.15, 0.2) is 47.5 Å². The van der Waals surface area contributed by atoms with E-state index in [1.807, 2.05) is 47.4 Å². The highest BCUT2D eigenvalue weighted by molar-refractivity contribution is 14.0. The van der Waals surface area contributed by atoms with Crippen molar-refractivity contribution < 1.29 is 14.3 Å². The number of piperidine rings is 1. The first kappa shape index (κ1) is 24.8. The van der Waals surface area contributed by atoms with E-state index < -0.39 is 0 Å². The number of benzene rings is 2. The van der Waals surface area contributed by atoms with Gasteiger partial charge in [0.25, 0.3) is 5.91 Å². The van der Waals surface area contributed by atoms with Crippen molar-refractivity contribution in [2.24, 2.45) is 4.99 Å². The van der Waals surface area contributed by atoms with Gasteiger partial charge in [-0.3, -0.25) is 9.79 Å². The highest BCUT2D eigenvalue weighted by Gasteiger charge is 2.18. The summed E-state index contributed by atoms with van der Waals surface area (Å²) in [6, 6.07) is 13.4. The quantitative estimate of drug-likeness (QED) is 0.329. The molecule has 2 aromatic rings. The molecule has 1 heterocycles. The number of nitrogens with one attached hydrogen (secondary N) is 2. The molecule has 0 aromatic heterocycles. The Morgan fingerprint density at radius 3 is 2.45 bits per heavy atom. The largest absolute Gasteiger partial charge is 0.493 e. The first-order valence-corrected chi connectivity index (χ1v) is 10.2. The molecular weight excluding hydrogens is 507 g/mol. The van der Waals surface area contributed by atoms with Gasteiger partial charge in [-0.1, -0.05) is 12.1 Å². The number of nitrogens with zero attached hydrogens (tertiary/aromatic N) is 2. The maximum atomic E-state index is 12.7. The summed E-state index contributed by atoms with van der Waals surface area (Å²) in [5.41, 5.74) is 2.59. The number of rotatable bonds is 6. The summed E-state index contributed by atoms with van der Waals surface area (Å²) in [7, 11) is 4.93. The van der Waals surface area contributed by atoms with Gasteiger partial charge in [0, 0.05) is 44.0 Å². The minimum absolute atomic E-state index is 0. The normalized spacial score (nSPS) is 13.8. The molecule has 2 aromatic carbocycles. The Hall–Kier alpha value is -2.49. The SMILES string of the molecule is CN=C(NCc1cccc(C(=O)N2CCCCC2)c1)Nc1ccc(OC)c(OC)c1.I. The standard InChI is InChI=1S/C23H30N4O3.HI/c1-24-23(26-19-10-11-20(29-2)21(15-19)30-3)25-16-17-8-7-9-18(14-17)22(28)27-12-5-4-6-13-27;/h7-11,14-15H,4-6,12-13,16H2,1-3H3,(H2,24,25,26);1H. The summed E-state index contributed by atoms with van der Waals surface area (Å²) in [4.78, 5) is 19.0. The summed E-state index contributed by atoms with van der Waals surface area (Å²) >= 11 is 0. The number of carbonyl (C=O) groups is 1. The minimum atomic E-state index is 0. The number of carbonyl (C=O) groups excluding carboxylic acids is 1. The molecule has 0 aliphatic carbocycles. The molecule has 3 rings (SSSR count). The van der Waals surface area contributed by atoms with Crippen molar-refractivity contribution in [2.75, 3.05) is 39.7 Å². The number of hydrogen-bond acceptors (Lipinski definition) is 4. The van der Waals surface area contributed by atoms with E-state index in [1.165, 1.54) is 6.42 Å². The molecule has 1 aliphatic rings. The van der Waals surface area contributed by atoms with E-state index in [0.717, 1.165) is 42.7 Å². The van der Waals surface area contributed by atoms with E-state index in [0.29, 0.717) is 24.0 Å². The fraction of sp³-hybridized carbons (Fsp3) is 0.391. The predicted octanol–water partition coefficient (Wildman–Crippen LogP) is 4.14. The van der Waals surface area contributed by atoms with Gasteiger partial charge >= 0.3 is 0 Å². The second-order valence-corrected chi connectivity index (χ2v) is 7.17. The molecule has 1 amide bonds. The first-order chi connectivity index (χ1) is 14.6. The van der Waals surface area contributed by atoms with E-state index in [2.05, 4.69) is 15.6 Å². The van der Waals surface area contributed by atoms with Gasteiger partial charge in [-0.25, -0.2) is 0 Å². The second-order valence-electron chi connectivity index (χ2n) is 7.17. The Balaban J connectivity index is 0.00000341. The fourth-order valence-electron chi connectivity index (χ4n) is 3.51. The van der Waals surface area contributed by atoms with Gasteiger partial charge in [0.05, 0.1) is 14.2 Å². The van der Waals surface area contributed by atoms with Crippen LogP contribution in [0.2, 0.25) is 0 Å².